The lowest BCUT2D eigenvalue weighted by molar-refractivity contribution is -0.140. The van der Waals surface area contributed by atoms with Gasteiger partial charge in [0, 0.05) is 5.75 Å². The molecular formula is C10H17N3O4S. The van der Waals surface area contributed by atoms with Gasteiger partial charge in [-0.3, -0.25) is 4.79 Å². The van der Waals surface area contributed by atoms with Crippen molar-refractivity contribution >= 4 is 29.7 Å². The first-order valence-corrected chi connectivity index (χ1v) is 6.67. The summed E-state index contributed by atoms with van der Waals surface area (Å²) in [4.78, 5) is 35.2. The van der Waals surface area contributed by atoms with Crippen LogP contribution in [0.3, 0.4) is 0 Å². The second-order valence-corrected chi connectivity index (χ2v) is 5.40. The number of nitrogens with two attached hydrogens (primary N) is 1. The lowest BCUT2D eigenvalue weighted by Gasteiger charge is -2.25. The lowest BCUT2D eigenvalue weighted by atomic mass is 10.0. The van der Waals surface area contributed by atoms with Crippen molar-refractivity contribution in [2.75, 3.05) is 11.6 Å². The highest BCUT2D eigenvalue weighted by Gasteiger charge is 2.36. The van der Waals surface area contributed by atoms with Crippen LogP contribution in [0.1, 0.15) is 13.8 Å². The van der Waals surface area contributed by atoms with Crippen LogP contribution in [0.4, 0.5) is 4.79 Å². The van der Waals surface area contributed by atoms with Crippen LogP contribution in [0.5, 0.6) is 0 Å². The van der Waals surface area contributed by atoms with E-state index in [1.54, 1.807) is 13.8 Å². The number of nitrogens with one attached hydrogen (secondary N) is 1. The standard InChI is InChI=1S/C10H17N3O4S/c1-5(2)7(8(11)14)12-10(17)13-4-18-3-6(13)9(15)16/h5-7H,3-4H2,1-2H3,(H2,11,14)(H,12,17)(H,15,16). The van der Waals surface area contributed by atoms with Crippen LogP contribution in [0.2, 0.25) is 0 Å². The maximum atomic E-state index is 11.9. The third-order valence-electron chi connectivity index (χ3n) is 2.68. The minimum absolute atomic E-state index is 0.148. The molecule has 2 atom stereocenters. The van der Waals surface area contributed by atoms with Crippen LogP contribution in [-0.2, 0) is 9.59 Å². The molecule has 0 bridgehead atoms. The molecule has 1 fully saturated rings. The number of rotatable bonds is 4. The number of thioether (sulfide) groups is 1. The van der Waals surface area contributed by atoms with E-state index in [1.807, 2.05) is 0 Å². The highest BCUT2D eigenvalue weighted by Crippen LogP contribution is 2.21. The van der Waals surface area contributed by atoms with E-state index in [1.165, 1.54) is 16.7 Å². The van der Waals surface area contributed by atoms with E-state index in [4.69, 9.17) is 10.8 Å². The van der Waals surface area contributed by atoms with Gasteiger partial charge in [-0.2, -0.15) is 0 Å². The average Bonchev–Trinajstić information content (AvgIpc) is 2.73. The van der Waals surface area contributed by atoms with Gasteiger partial charge in [-0.1, -0.05) is 13.8 Å². The Labute approximate surface area is 109 Å². The number of carboxylic acids is 1. The SMILES string of the molecule is CC(C)C(NC(=O)N1CSCC1C(=O)O)C(N)=O. The maximum Gasteiger partial charge on any atom is 0.327 e. The summed E-state index contributed by atoms with van der Waals surface area (Å²) >= 11 is 1.36. The quantitative estimate of drug-likeness (QED) is 0.650. The molecule has 7 nitrogen and oxygen atoms in total. The Kier molecular flexibility index (Phi) is 4.83. The molecule has 18 heavy (non-hydrogen) atoms. The molecule has 4 N–H and O–H groups in total. The molecule has 0 aromatic heterocycles. The number of aliphatic carboxylic acids is 1. The Morgan fingerprint density at radius 1 is 1.44 bits per heavy atom. The zero-order valence-electron chi connectivity index (χ0n) is 10.3. The van der Waals surface area contributed by atoms with E-state index < -0.39 is 30.0 Å². The summed E-state index contributed by atoms with van der Waals surface area (Å²) in [5.74, 6) is -1.17. The Morgan fingerprint density at radius 2 is 2.06 bits per heavy atom. The lowest BCUT2D eigenvalue weighted by Crippen LogP contribution is -2.54. The first-order chi connectivity index (χ1) is 8.34. The molecule has 3 amide bonds. The van der Waals surface area contributed by atoms with Crippen LogP contribution >= 0.6 is 11.8 Å². The molecule has 1 heterocycles. The number of carbonyl (C=O) groups excluding carboxylic acids is 2. The number of primary amides is 1. The third-order valence-corrected chi connectivity index (χ3v) is 3.69. The first-order valence-electron chi connectivity index (χ1n) is 5.51. The summed E-state index contributed by atoms with van der Waals surface area (Å²) in [6, 6.07) is -2.21. The second-order valence-electron chi connectivity index (χ2n) is 4.40. The van der Waals surface area contributed by atoms with Gasteiger partial charge in [0.15, 0.2) is 0 Å². The fraction of sp³-hybridized carbons (Fsp3) is 0.700. The molecule has 0 aliphatic carbocycles. The van der Waals surface area contributed by atoms with Crippen molar-refractivity contribution in [1.29, 1.82) is 0 Å². The summed E-state index contributed by atoms with van der Waals surface area (Å²) in [6.07, 6.45) is 0. The number of hydrogen-bond acceptors (Lipinski definition) is 4. The zero-order valence-corrected chi connectivity index (χ0v) is 11.1. The van der Waals surface area contributed by atoms with Crippen molar-refractivity contribution in [2.45, 2.75) is 25.9 Å². The number of carboxylic acid groups (broad SMARTS) is 1. The molecule has 2 unspecified atom stereocenters. The topological polar surface area (TPSA) is 113 Å². The van der Waals surface area contributed by atoms with Crippen LogP contribution in [0.15, 0.2) is 0 Å². The van der Waals surface area contributed by atoms with Gasteiger partial charge in [-0.25, -0.2) is 9.59 Å². The van der Waals surface area contributed by atoms with E-state index in [2.05, 4.69) is 5.32 Å². The molecule has 1 saturated heterocycles. The van der Waals surface area contributed by atoms with Crippen LogP contribution in [0.25, 0.3) is 0 Å². The van der Waals surface area contributed by atoms with Crippen molar-refractivity contribution in [3.8, 4) is 0 Å². The predicted molar refractivity (Wildman–Crippen MR) is 66.9 cm³/mol. The van der Waals surface area contributed by atoms with Gasteiger partial charge in [0.1, 0.15) is 12.1 Å². The smallest absolute Gasteiger partial charge is 0.327 e. The maximum absolute atomic E-state index is 11.9. The summed E-state index contributed by atoms with van der Waals surface area (Å²) in [5.41, 5.74) is 5.19. The molecular weight excluding hydrogens is 258 g/mol. The summed E-state index contributed by atoms with van der Waals surface area (Å²) in [6.45, 7) is 3.51. The van der Waals surface area contributed by atoms with Gasteiger partial charge in [0.25, 0.3) is 0 Å². The van der Waals surface area contributed by atoms with Crippen LogP contribution < -0.4 is 11.1 Å². The predicted octanol–water partition coefficient (Wildman–Crippen LogP) is -0.335. The molecule has 0 radical (unpaired) electrons. The summed E-state index contributed by atoms with van der Waals surface area (Å²) in [7, 11) is 0. The zero-order chi connectivity index (χ0) is 13.9. The summed E-state index contributed by atoms with van der Waals surface area (Å²) in [5, 5.41) is 11.4. The second kappa shape index (κ2) is 5.94. The van der Waals surface area contributed by atoms with E-state index >= 15 is 0 Å². The molecule has 1 rings (SSSR count). The minimum atomic E-state index is -1.05. The largest absolute Gasteiger partial charge is 0.480 e. The number of urea groups is 1. The van der Waals surface area contributed by atoms with Gasteiger partial charge in [-0.15, -0.1) is 11.8 Å². The first kappa shape index (κ1) is 14.6. The molecule has 0 saturated carbocycles. The van der Waals surface area contributed by atoms with Gasteiger partial charge in [0.05, 0.1) is 5.88 Å². The summed E-state index contributed by atoms with van der Waals surface area (Å²) < 4.78 is 0. The van der Waals surface area contributed by atoms with Crippen LogP contribution in [-0.4, -0.2) is 51.6 Å². The van der Waals surface area contributed by atoms with Gasteiger partial charge >= 0.3 is 12.0 Å². The van der Waals surface area contributed by atoms with E-state index in [0.29, 0.717) is 11.6 Å². The molecule has 1 aliphatic rings. The molecule has 102 valence electrons. The van der Waals surface area contributed by atoms with Crippen molar-refractivity contribution in [2.24, 2.45) is 11.7 Å². The average molecular weight is 275 g/mol. The fourth-order valence-electron chi connectivity index (χ4n) is 1.63. The fourth-order valence-corrected chi connectivity index (χ4v) is 2.77. The highest BCUT2D eigenvalue weighted by molar-refractivity contribution is 7.99. The highest BCUT2D eigenvalue weighted by atomic mass is 32.2. The van der Waals surface area contributed by atoms with Gasteiger partial charge < -0.3 is 21.1 Å². The van der Waals surface area contributed by atoms with E-state index in [-0.39, 0.29) is 5.92 Å². The molecule has 0 aromatic rings. The minimum Gasteiger partial charge on any atom is -0.480 e. The Balaban J connectivity index is 2.69. The van der Waals surface area contributed by atoms with Gasteiger partial charge in [-0.05, 0) is 5.92 Å². The number of hydrogen-bond donors (Lipinski definition) is 3. The Hall–Kier alpha value is -1.44. The Morgan fingerprint density at radius 3 is 2.50 bits per heavy atom. The van der Waals surface area contributed by atoms with Crippen molar-refractivity contribution in [3.05, 3.63) is 0 Å². The van der Waals surface area contributed by atoms with Crippen molar-refractivity contribution < 1.29 is 19.5 Å². The van der Waals surface area contributed by atoms with Crippen molar-refractivity contribution in [1.82, 2.24) is 10.2 Å². The van der Waals surface area contributed by atoms with E-state index in [0.717, 1.165) is 0 Å². The number of nitrogens with zero attached hydrogens (tertiary/aromatic N) is 1. The van der Waals surface area contributed by atoms with Gasteiger partial charge in [0.2, 0.25) is 5.91 Å². The van der Waals surface area contributed by atoms with Crippen LogP contribution in [0, 0.1) is 5.92 Å². The molecule has 0 spiro atoms. The molecule has 1 aliphatic heterocycles. The third kappa shape index (κ3) is 3.28. The van der Waals surface area contributed by atoms with Crippen molar-refractivity contribution in [3.63, 3.8) is 0 Å². The number of carbonyl (C=O) groups is 3. The monoisotopic (exact) mass is 275 g/mol. The molecule has 8 heteroatoms. The number of amides is 3. The molecule has 0 aromatic carbocycles. The normalized spacial score (nSPS) is 20.8. The Bertz CT molecular complexity index is 361. The van der Waals surface area contributed by atoms with E-state index in [9.17, 15) is 14.4 Å².